The third-order valence-corrected chi connectivity index (χ3v) is 5.96. The molecule has 0 radical (unpaired) electrons. The second-order valence-corrected chi connectivity index (χ2v) is 8.83. The van der Waals surface area contributed by atoms with Crippen LogP contribution in [0, 0.1) is 6.92 Å². The molecule has 154 valence electrons. The van der Waals surface area contributed by atoms with Gasteiger partial charge in [-0.3, -0.25) is 9.52 Å². The van der Waals surface area contributed by atoms with Gasteiger partial charge in [0.1, 0.15) is 11.3 Å². The zero-order chi connectivity index (χ0) is 21.1. The summed E-state index contributed by atoms with van der Waals surface area (Å²) in [5.41, 5.74) is 1.64. The number of aromatic nitrogens is 1. The fraction of sp³-hybridized carbons (Fsp3) is 0.182. The Bertz CT molecular complexity index is 1170. The molecule has 4 rings (SSSR count). The van der Waals surface area contributed by atoms with Crippen LogP contribution in [0.3, 0.4) is 0 Å². The van der Waals surface area contributed by atoms with Crippen molar-refractivity contribution in [2.24, 2.45) is 0 Å². The standard InChI is InChI=1S/C22H21N3O4S/c1-15-7-11-19(12-8-15)30(27,28)25-17-4-2-5-18(14-17)29-22-20(6-3-13-23-22)21(26)24-16-9-10-16/h2-8,11-14,16,25H,9-10H2,1H3,(H,24,26). The molecular formula is C22H21N3O4S. The Kier molecular flexibility index (Phi) is 5.41. The van der Waals surface area contributed by atoms with E-state index in [0.717, 1.165) is 18.4 Å². The Morgan fingerprint density at radius 3 is 2.57 bits per heavy atom. The fourth-order valence-electron chi connectivity index (χ4n) is 2.80. The van der Waals surface area contributed by atoms with E-state index >= 15 is 0 Å². The second kappa shape index (κ2) is 8.16. The summed E-state index contributed by atoms with van der Waals surface area (Å²) in [7, 11) is -3.73. The van der Waals surface area contributed by atoms with E-state index in [1.807, 2.05) is 6.92 Å². The Hall–Kier alpha value is -3.39. The number of pyridine rings is 1. The number of nitrogens with one attached hydrogen (secondary N) is 2. The van der Waals surface area contributed by atoms with Crippen LogP contribution < -0.4 is 14.8 Å². The average molecular weight is 423 g/mol. The van der Waals surface area contributed by atoms with E-state index in [2.05, 4.69) is 15.0 Å². The first-order valence-electron chi connectivity index (χ1n) is 9.54. The van der Waals surface area contributed by atoms with Crippen LogP contribution in [-0.4, -0.2) is 25.4 Å². The molecule has 1 amide bonds. The minimum absolute atomic E-state index is 0.161. The number of carbonyl (C=O) groups excluding carboxylic acids is 1. The highest BCUT2D eigenvalue weighted by Crippen LogP contribution is 2.27. The Morgan fingerprint density at radius 1 is 1.07 bits per heavy atom. The van der Waals surface area contributed by atoms with Crippen LogP contribution in [-0.2, 0) is 10.0 Å². The smallest absolute Gasteiger partial charge is 0.261 e. The van der Waals surface area contributed by atoms with Gasteiger partial charge in [0, 0.05) is 18.3 Å². The minimum atomic E-state index is -3.73. The van der Waals surface area contributed by atoms with Crippen LogP contribution in [0.2, 0.25) is 0 Å². The van der Waals surface area contributed by atoms with Crippen molar-refractivity contribution >= 4 is 21.6 Å². The molecular weight excluding hydrogens is 402 g/mol. The monoisotopic (exact) mass is 423 g/mol. The maximum absolute atomic E-state index is 12.6. The van der Waals surface area contributed by atoms with Gasteiger partial charge in [-0.05, 0) is 56.2 Å². The molecule has 0 spiro atoms. The second-order valence-electron chi connectivity index (χ2n) is 7.15. The van der Waals surface area contributed by atoms with E-state index in [1.54, 1.807) is 60.7 Å². The number of ether oxygens (including phenoxy) is 1. The van der Waals surface area contributed by atoms with E-state index in [0.29, 0.717) is 17.0 Å². The van der Waals surface area contributed by atoms with Crippen LogP contribution in [0.25, 0.3) is 0 Å². The van der Waals surface area contributed by atoms with Gasteiger partial charge in [0.2, 0.25) is 5.88 Å². The molecule has 2 N–H and O–H groups in total. The molecule has 7 nitrogen and oxygen atoms in total. The molecule has 0 bridgehead atoms. The molecule has 0 unspecified atom stereocenters. The first-order valence-corrected chi connectivity index (χ1v) is 11.0. The summed E-state index contributed by atoms with van der Waals surface area (Å²) < 4.78 is 33.6. The van der Waals surface area contributed by atoms with Crippen molar-refractivity contribution in [3.63, 3.8) is 0 Å². The van der Waals surface area contributed by atoms with Gasteiger partial charge in [-0.15, -0.1) is 0 Å². The average Bonchev–Trinajstić information content (AvgIpc) is 3.52. The van der Waals surface area contributed by atoms with E-state index in [-0.39, 0.29) is 22.7 Å². The third kappa shape index (κ3) is 4.77. The predicted octanol–water partition coefficient (Wildman–Crippen LogP) is 3.88. The van der Waals surface area contributed by atoms with Gasteiger partial charge in [-0.2, -0.15) is 0 Å². The SMILES string of the molecule is Cc1ccc(S(=O)(=O)Nc2cccc(Oc3ncccc3C(=O)NC3CC3)c2)cc1. The first-order chi connectivity index (χ1) is 14.4. The summed E-state index contributed by atoms with van der Waals surface area (Å²) in [5, 5.41) is 2.91. The van der Waals surface area contributed by atoms with Gasteiger partial charge in [0.15, 0.2) is 0 Å². The quantitative estimate of drug-likeness (QED) is 0.601. The maximum atomic E-state index is 12.6. The van der Waals surface area contributed by atoms with Gasteiger partial charge in [0.05, 0.1) is 10.6 Å². The van der Waals surface area contributed by atoms with Crippen molar-refractivity contribution in [2.75, 3.05) is 4.72 Å². The van der Waals surface area contributed by atoms with E-state index in [1.165, 1.54) is 6.20 Å². The molecule has 1 saturated carbocycles. The zero-order valence-corrected chi connectivity index (χ0v) is 17.1. The number of benzene rings is 2. The Morgan fingerprint density at radius 2 is 1.83 bits per heavy atom. The molecule has 0 atom stereocenters. The van der Waals surface area contributed by atoms with E-state index < -0.39 is 10.0 Å². The summed E-state index contributed by atoms with van der Waals surface area (Å²) in [5.74, 6) is 0.282. The Labute approximate surface area is 175 Å². The van der Waals surface area contributed by atoms with Gasteiger partial charge in [-0.25, -0.2) is 13.4 Å². The number of amides is 1. The molecule has 30 heavy (non-hydrogen) atoms. The van der Waals surface area contributed by atoms with Gasteiger partial charge in [0.25, 0.3) is 15.9 Å². The maximum Gasteiger partial charge on any atom is 0.261 e. The Balaban J connectivity index is 1.53. The molecule has 0 aliphatic heterocycles. The summed E-state index contributed by atoms with van der Waals surface area (Å²) in [6, 6.07) is 16.6. The van der Waals surface area contributed by atoms with Crippen LogP contribution in [0.15, 0.2) is 71.8 Å². The molecule has 1 aromatic heterocycles. The highest BCUT2D eigenvalue weighted by molar-refractivity contribution is 7.92. The van der Waals surface area contributed by atoms with Crippen molar-refractivity contribution in [1.82, 2.24) is 10.3 Å². The van der Waals surface area contributed by atoms with Crippen LogP contribution in [0.1, 0.15) is 28.8 Å². The number of anilines is 1. The molecule has 1 aliphatic rings. The summed E-state index contributed by atoms with van der Waals surface area (Å²) in [4.78, 5) is 16.7. The lowest BCUT2D eigenvalue weighted by molar-refractivity contribution is 0.0948. The number of hydrogen-bond donors (Lipinski definition) is 2. The number of nitrogens with zero attached hydrogens (tertiary/aromatic N) is 1. The zero-order valence-electron chi connectivity index (χ0n) is 16.3. The summed E-state index contributed by atoms with van der Waals surface area (Å²) in [6.07, 6.45) is 3.49. The fourth-order valence-corrected chi connectivity index (χ4v) is 3.85. The minimum Gasteiger partial charge on any atom is -0.438 e. The largest absolute Gasteiger partial charge is 0.438 e. The molecule has 1 aliphatic carbocycles. The molecule has 1 fully saturated rings. The number of hydrogen-bond acceptors (Lipinski definition) is 5. The number of aryl methyl sites for hydroxylation is 1. The summed E-state index contributed by atoms with van der Waals surface area (Å²) in [6.45, 7) is 1.89. The van der Waals surface area contributed by atoms with Gasteiger partial charge >= 0.3 is 0 Å². The van der Waals surface area contributed by atoms with Crippen LogP contribution >= 0.6 is 0 Å². The number of rotatable bonds is 7. The molecule has 0 saturated heterocycles. The summed E-state index contributed by atoms with van der Waals surface area (Å²) >= 11 is 0. The van der Waals surface area contributed by atoms with Crippen molar-refractivity contribution in [3.8, 4) is 11.6 Å². The highest BCUT2D eigenvalue weighted by atomic mass is 32.2. The normalized spacial score (nSPS) is 13.5. The van der Waals surface area contributed by atoms with Crippen LogP contribution in [0.5, 0.6) is 11.6 Å². The van der Waals surface area contributed by atoms with E-state index in [4.69, 9.17) is 4.74 Å². The lowest BCUT2D eigenvalue weighted by atomic mass is 10.2. The van der Waals surface area contributed by atoms with Crippen LogP contribution in [0.4, 0.5) is 5.69 Å². The van der Waals surface area contributed by atoms with Crippen molar-refractivity contribution < 1.29 is 17.9 Å². The molecule has 3 aromatic rings. The lowest BCUT2D eigenvalue weighted by Gasteiger charge is -2.12. The lowest BCUT2D eigenvalue weighted by Crippen LogP contribution is -2.25. The molecule has 8 heteroatoms. The molecule has 1 heterocycles. The molecule has 2 aromatic carbocycles. The number of sulfonamides is 1. The van der Waals surface area contributed by atoms with Gasteiger partial charge in [-0.1, -0.05) is 23.8 Å². The van der Waals surface area contributed by atoms with Crippen molar-refractivity contribution in [3.05, 3.63) is 78.0 Å². The van der Waals surface area contributed by atoms with Crippen molar-refractivity contribution in [1.29, 1.82) is 0 Å². The van der Waals surface area contributed by atoms with Crippen molar-refractivity contribution in [2.45, 2.75) is 30.7 Å². The third-order valence-electron chi connectivity index (χ3n) is 4.56. The highest BCUT2D eigenvalue weighted by Gasteiger charge is 2.25. The van der Waals surface area contributed by atoms with E-state index in [9.17, 15) is 13.2 Å². The first kappa shape index (κ1) is 19.9. The predicted molar refractivity (Wildman–Crippen MR) is 113 cm³/mol. The topological polar surface area (TPSA) is 97.4 Å². The number of carbonyl (C=O) groups is 1. The van der Waals surface area contributed by atoms with Gasteiger partial charge < -0.3 is 10.1 Å².